The Morgan fingerprint density at radius 1 is 1.38 bits per heavy atom. The molecule has 0 spiro atoms. The van der Waals surface area contributed by atoms with Gasteiger partial charge < -0.3 is 5.32 Å². The van der Waals surface area contributed by atoms with E-state index in [9.17, 15) is 9.59 Å². The van der Waals surface area contributed by atoms with Crippen LogP contribution < -0.4 is 5.32 Å². The van der Waals surface area contributed by atoms with Crippen molar-refractivity contribution in [2.75, 3.05) is 6.54 Å². The molecule has 1 atom stereocenters. The maximum atomic E-state index is 11.9. The number of carbonyl (C=O) groups is 2. The smallest absolute Gasteiger partial charge is 0.233 e. The summed E-state index contributed by atoms with van der Waals surface area (Å²) in [7, 11) is 0. The molecular weight excluding hydrogens is 166 g/mol. The van der Waals surface area contributed by atoms with E-state index in [1.54, 1.807) is 0 Å². The molecule has 74 valence electrons. The Morgan fingerprint density at radius 2 is 1.92 bits per heavy atom. The number of ketones is 1. The maximum Gasteiger partial charge on any atom is 0.233 e. The third-order valence-electron chi connectivity index (χ3n) is 3.13. The van der Waals surface area contributed by atoms with Gasteiger partial charge in [-0.15, -0.1) is 0 Å². The minimum Gasteiger partial charge on any atom is -0.355 e. The summed E-state index contributed by atoms with van der Waals surface area (Å²) in [5, 5.41) is 2.80. The highest BCUT2D eigenvalue weighted by Crippen LogP contribution is 2.33. The van der Waals surface area contributed by atoms with Crippen molar-refractivity contribution in [1.29, 1.82) is 0 Å². The van der Waals surface area contributed by atoms with Gasteiger partial charge in [0, 0.05) is 12.5 Å². The molecule has 0 aromatic heterocycles. The van der Waals surface area contributed by atoms with Crippen molar-refractivity contribution in [2.24, 2.45) is 11.3 Å². The Labute approximate surface area is 78.9 Å². The molecule has 0 unspecified atom stereocenters. The van der Waals surface area contributed by atoms with Crippen LogP contribution in [0.4, 0.5) is 0 Å². The van der Waals surface area contributed by atoms with Crippen LogP contribution in [-0.2, 0) is 9.59 Å². The second-order valence-electron chi connectivity index (χ2n) is 3.76. The van der Waals surface area contributed by atoms with Gasteiger partial charge in [-0.1, -0.05) is 20.8 Å². The number of Topliss-reactive ketones (excluding diaryl/α,β-unsaturated/α-hetero) is 1. The Kier molecular flexibility index (Phi) is 2.74. The molecule has 1 rings (SSSR count). The van der Waals surface area contributed by atoms with Crippen LogP contribution in [-0.4, -0.2) is 18.2 Å². The van der Waals surface area contributed by atoms with Crippen LogP contribution in [0.1, 0.15) is 33.6 Å². The van der Waals surface area contributed by atoms with Crippen LogP contribution in [0.2, 0.25) is 0 Å². The van der Waals surface area contributed by atoms with Crippen molar-refractivity contribution in [2.45, 2.75) is 33.6 Å². The molecule has 1 amide bonds. The second kappa shape index (κ2) is 3.48. The molecule has 0 aromatic carbocycles. The summed E-state index contributed by atoms with van der Waals surface area (Å²) in [5.41, 5.74) is -0.738. The Hall–Kier alpha value is -0.860. The molecule has 1 fully saturated rings. The molecule has 0 aliphatic carbocycles. The summed E-state index contributed by atoms with van der Waals surface area (Å²) in [5.74, 6) is -0.000509. The molecule has 3 heteroatoms. The van der Waals surface area contributed by atoms with Crippen LogP contribution in [0, 0.1) is 11.3 Å². The van der Waals surface area contributed by atoms with E-state index in [0.29, 0.717) is 19.4 Å². The number of amides is 1. The zero-order valence-electron chi connectivity index (χ0n) is 8.52. The summed E-state index contributed by atoms with van der Waals surface area (Å²) in [6.07, 6.45) is 1.22. The van der Waals surface area contributed by atoms with E-state index in [1.165, 1.54) is 0 Å². The molecule has 3 nitrogen and oxygen atoms in total. The molecule has 1 aliphatic heterocycles. The van der Waals surface area contributed by atoms with Gasteiger partial charge in [0.25, 0.3) is 0 Å². The van der Waals surface area contributed by atoms with E-state index in [1.807, 2.05) is 20.8 Å². The predicted molar refractivity (Wildman–Crippen MR) is 50.2 cm³/mol. The number of hydrogen-bond donors (Lipinski definition) is 1. The van der Waals surface area contributed by atoms with Gasteiger partial charge in [0.2, 0.25) is 5.91 Å². The summed E-state index contributed by atoms with van der Waals surface area (Å²) in [4.78, 5) is 23.5. The highest BCUT2D eigenvalue weighted by molar-refractivity contribution is 6.08. The average molecular weight is 183 g/mol. The first-order chi connectivity index (χ1) is 6.08. The van der Waals surface area contributed by atoms with E-state index >= 15 is 0 Å². The maximum absolute atomic E-state index is 11.9. The lowest BCUT2D eigenvalue weighted by Gasteiger charge is -2.35. The van der Waals surface area contributed by atoms with Crippen LogP contribution in [0.3, 0.4) is 0 Å². The van der Waals surface area contributed by atoms with Crippen molar-refractivity contribution >= 4 is 11.7 Å². The lowest BCUT2D eigenvalue weighted by molar-refractivity contribution is -0.148. The Bertz CT molecular complexity index is 231. The summed E-state index contributed by atoms with van der Waals surface area (Å²) < 4.78 is 0. The predicted octanol–water partition coefficient (Wildman–Crippen LogP) is 1.13. The molecule has 1 aliphatic rings. The van der Waals surface area contributed by atoms with Crippen molar-refractivity contribution < 1.29 is 9.59 Å². The van der Waals surface area contributed by atoms with E-state index in [-0.39, 0.29) is 17.6 Å². The molecular formula is C10H17NO2. The van der Waals surface area contributed by atoms with E-state index in [4.69, 9.17) is 0 Å². The van der Waals surface area contributed by atoms with Crippen LogP contribution in [0.15, 0.2) is 0 Å². The standard InChI is InChI=1S/C10H17NO2/c1-4-10(5-2)8(12)7(3)6-11-9(10)13/h7H,4-6H2,1-3H3,(H,11,13)/t7-/m0/s1. The lowest BCUT2D eigenvalue weighted by Crippen LogP contribution is -2.55. The molecule has 0 aromatic rings. The minimum absolute atomic E-state index is 0.0300. The summed E-state index contributed by atoms with van der Waals surface area (Å²) in [6, 6.07) is 0. The van der Waals surface area contributed by atoms with E-state index in [0.717, 1.165) is 0 Å². The molecule has 0 radical (unpaired) electrons. The third kappa shape index (κ3) is 1.36. The first-order valence-corrected chi connectivity index (χ1v) is 4.91. The van der Waals surface area contributed by atoms with Gasteiger partial charge >= 0.3 is 0 Å². The van der Waals surface area contributed by atoms with Crippen molar-refractivity contribution in [3.8, 4) is 0 Å². The van der Waals surface area contributed by atoms with Gasteiger partial charge in [0.05, 0.1) is 0 Å². The molecule has 1 N–H and O–H groups in total. The highest BCUT2D eigenvalue weighted by Gasteiger charge is 2.47. The Balaban J connectivity index is 3.00. The van der Waals surface area contributed by atoms with Gasteiger partial charge in [0.15, 0.2) is 5.78 Å². The lowest BCUT2D eigenvalue weighted by atomic mass is 9.71. The molecule has 13 heavy (non-hydrogen) atoms. The third-order valence-corrected chi connectivity index (χ3v) is 3.13. The first-order valence-electron chi connectivity index (χ1n) is 4.91. The number of carbonyl (C=O) groups excluding carboxylic acids is 2. The van der Waals surface area contributed by atoms with Gasteiger partial charge in [-0.2, -0.15) is 0 Å². The quantitative estimate of drug-likeness (QED) is 0.652. The van der Waals surface area contributed by atoms with Crippen molar-refractivity contribution in [3.05, 3.63) is 0 Å². The average Bonchev–Trinajstić information content (AvgIpc) is 2.15. The highest BCUT2D eigenvalue weighted by atomic mass is 16.2. The van der Waals surface area contributed by atoms with E-state index in [2.05, 4.69) is 5.32 Å². The van der Waals surface area contributed by atoms with Gasteiger partial charge in [-0.05, 0) is 12.8 Å². The fraction of sp³-hybridized carbons (Fsp3) is 0.800. The van der Waals surface area contributed by atoms with Crippen molar-refractivity contribution in [3.63, 3.8) is 0 Å². The molecule has 0 bridgehead atoms. The second-order valence-corrected chi connectivity index (χ2v) is 3.76. The van der Waals surface area contributed by atoms with Gasteiger partial charge in [0.1, 0.15) is 5.41 Å². The monoisotopic (exact) mass is 183 g/mol. The fourth-order valence-corrected chi connectivity index (χ4v) is 2.01. The fourth-order valence-electron chi connectivity index (χ4n) is 2.01. The summed E-state index contributed by atoms with van der Waals surface area (Å²) >= 11 is 0. The van der Waals surface area contributed by atoms with Crippen LogP contribution in [0.25, 0.3) is 0 Å². The molecule has 1 heterocycles. The minimum atomic E-state index is -0.738. The summed E-state index contributed by atoms with van der Waals surface area (Å²) in [6.45, 7) is 6.18. The number of rotatable bonds is 2. The SMILES string of the molecule is CCC1(CC)C(=O)NC[C@H](C)C1=O. The largest absolute Gasteiger partial charge is 0.355 e. The van der Waals surface area contributed by atoms with E-state index < -0.39 is 5.41 Å². The first kappa shape index (κ1) is 10.2. The zero-order chi connectivity index (χ0) is 10.1. The topological polar surface area (TPSA) is 46.2 Å². The van der Waals surface area contributed by atoms with Crippen LogP contribution >= 0.6 is 0 Å². The number of hydrogen-bond acceptors (Lipinski definition) is 2. The van der Waals surface area contributed by atoms with Crippen molar-refractivity contribution in [1.82, 2.24) is 5.32 Å². The normalized spacial score (nSPS) is 27.2. The Morgan fingerprint density at radius 3 is 2.31 bits per heavy atom. The van der Waals surface area contributed by atoms with Crippen LogP contribution in [0.5, 0.6) is 0 Å². The zero-order valence-corrected chi connectivity index (χ0v) is 8.52. The molecule has 1 saturated heterocycles. The molecule has 0 saturated carbocycles. The van der Waals surface area contributed by atoms with Gasteiger partial charge in [-0.3, -0.25) is 9.59 Å². The van der Waals surface area contributed by atoms with Gasteiger partial charge in [-0.25, -0.2) is 0 Å². The number of nitrogens with one attached hydrogen (secondary N) is 1. The number of piperidine rings is 1.